The minimum atomic E-state index is -0.449. The van der Waals surface area contributed by atoms with Crippen molar-refractivity contribution in [3.8, 4) is 5.75 Å². The van der Waals surface area contributed by atoms with Crippen molar-refractivity contribution in [2.75, 3.05) is 0 Å². The lowest BCUT2D eigenvalue weighted by Gasteiger charge is -2.06. The fourth-order valence-electron chi connectivity index (χ4n) is 2.28. The monoisotopic (exact) mass is 500 g/mol. The number of halogens is 2. The second-order valence-electron chi connectivity index (χ2n) is 5.62. The molecule has 3 aromatic rings. The van der Waals surface area contributed by atoms with Crippen molar-refractivity contribution in [3.63, 3.8) is 0 Å². The first-order valence-corrected chi connectivity index (χ1v) is 9.78. The number of benzene rings is 3. The molecule has 0 unspecified atom stereocenters. The van der Waals surface area contributed by atoms with Gasteiger partial charge in [0.1, 0.15) is 5.75 Å². The summed E-state index contributed by atoms with van der Waals surface area (Å²) in [4.78, 5) is 24.3. The van der Waals surface area contributed by atoms with Crippen LogP contribution in [-0.2, 0) is 0 Å². The molecule has 0 atom stereocenters. The van der Waals surface area contributed by atoms with Crippen molar-refractivity contribution in [3.05, 3.63) is 98.4 Å². The van der Waals surface area contributed by atoms with Gasteiger partial charge in [0.2, 0.25) is 0 Å². The predicted octanol–water partition coefficient (Wildman–Crippen LogP) is 5.19. The standard InChI is InChI=1S/C21H14Br2N2O3/c22-18-7-3-1-5-16(18)20(26)25-24-13-14-9-11-15(12-10-14)28-21(27)17-6-2-4-8-19(17)23/h1-13H,(H,25,26). The Balaban J connectivity index is 1.59. The maximum Gasteiger partial charge on any atom is 0.344 e. The van der Waals surface area contributed by atoms with Gasteiger partial charge in [-0.2, -0.15) is 5.10 Å². The molecule has 0 aliphatic heterocycles. The van der Waals surface area contributed by atoms with Crippen LogP contribution in [0.15, 0.2) is 86.8 Å². The van der Waals surface area contributed by atoms with Gasteiger partial charge in [-0.3, -0.25) is 4.79 Å². The zero-order chi connectivity index (χ0) is 19.9. The Morgan fingerprint density at radius 3 is 2.00 bits per heavy atom. The summed E-state index contributed by atoms with van der Waals surface area (Å²) in [5, 5.41) is 3.95. The third-order valence-electron chi connectivity index (χ3n) is 3.68. The molecule has 3 aromatic carbocycles. The number of ether oxygens (including phenoxy) is 1. The van der Waals surface area contributed by atoms with Gasteiger partial charge in [0.25, 0.3) is 5.91 Å². The van der Waals surface area contributed by atoms with Gasteiger partial charge in [0.05, 0.1) is 17.3 Å². The Bertz CT molecular complexity index is 1030. The van der Waals surface area contributed by atoms with E-state index in [1.807, 2.05) is 12.1 Å². The summed E-state index contributed by atoms with van der Waals surface area (Å²) >= 11 is 6.65. The first-order chi connectivity index (χ1) is 13.5. The Labute approximate surface area is 178 Å². The van der Waals surface area contributed by atoms with Crippen molar-refractivity contribution >= 4 is 50.0 Å². The second kappa shape index (κ2) is 9.43. The number of nitrogens with zero attached hydrogens (tertiary/aromatic N) is 1. The average molecular weight is 502 g/mol. The van der Waals surface area contributed by atoms with Crippen LogP contribution in [0.25, 0.3) is 0 Å². The predicted molar refractivity (Wildman–Crippen MR) is 115 cm³/mol. The van der Waals surface area contributed by atoms with Crippen LogP contribution in [0.2, 0.25) is 0 Å². The van der Waals surface area contributed by atoms with E-state index in [1.165, 1.54) is 6.21 Å². The molecule has 140 valence electrons. The van der Waals surface area contributed by atoms with Crippen LogP contribution in [-0.4, -0.2) is 18.1 Å². The third kappa shape index (κ3) is 5.15. The van der Waals surface area contributed by atoms with Crippen molar-refractivity contribution < 1.29 is 14.3 Å². The molecule has 0 aliphatic carbocycles. The first kappa shape index (κ1) is 20.0. The molecule has 1 amide bonds. The number of hydrogen-bond acceptors (Lipinski definition) is 4. The van der Waals surface area contributed by atoms with Crippen molar-refractivity contribution in [1.29, 1.82) is 0 Å². The van der Waals surface area contributed by atoms with E-state index in [9.17, 15) is 9.59 Å². The van der Waals surface area contributed by atoms with Crippen molar-refractivity contribution in [1.82, 2.24) is 5.43 Å². The van der Waals surface area contributed by atoms with Crippen LogP contribution in [0, 0.1) is 0 Å². The van der Waals surface area contributed by atoms with E-state index in [1.54, 1.807) is 60.7 Å². The van der Waals surface area contributed by atoms with Gasteiger partial charge in [-0.1, -0.05) is 24.3 Å². The molecule has 0 aliphatic rings. The fraction of sp³-hybridized carbons (Fsp3) is 0. The van der Waals surface area contributed by atoms with Gasteiger partial charge in [0.15, 0.2) is 0 Å². The number of nitrogens with one attached hydrogen (secondary N) is 1. The summed E-state index contributed by atoms with van der Waals surface area (Å²) in [5.74, 6) is -0.354. The highest BCUT2D eigenvalue weighted by Gasteiger charge is 2.11. The third-order valence-corrected chi connectivity index (χ3v) is 5.07. The van der Waals surface area contributed by atoms with E-state index in [-0.39, 0.29) is 5.91 Å². The van der Waals surface area contributed by atoms with Gasteiger partial charge >= 0.3 is 5.97 Å². The first-order valence-electron chi connectivity index (χ1n) is 8.19. The van der Waals surface area contributed by atoms with Crippen LogP contribution in [0.3, 0.4) is 0 Å². The van der Waals surface area contributed by atoms with Gasteiger partial charge in [-0.15, -0.1) is 0 Å². The molecular formula is C21H14Br2N2O3. The lowest BCUT2D eigenvalue weighted by atomic mass is 10.2. The molecule has 0 saturated carbocycles. The Morgan fingerprint density at radius 1 is 0.821 bits per heavy atom. The molecule has 0 saturated heterocycles. The Morgan fingerprint density at radius 2 is 1.39 bits per heavy atom. The maximum absolute atomic E-state index is 12.2. The SMILES string of the molecule is O=C(NN=Cc1ccc(OC(=O)c2ccccc2Br)cc1)c1ccccc1Br. The molecule has 0 heterocycles. The molecule has 5 nitrogen and oxygen atoms in total. The van der Waals surface area contributed by atoms with E-state index in [0.717, 1.165) is 5.56 Å². The zero-order valence-corrected chi connectivity index (χ0v) is 17.6. The number of hydrogen-bond donors (Lipinski definition) is 1. The average Bonchev–Trinajstić information content (AvgIpc) is 2.70. The van der Waals surface area contributed by atoms with Crippen LogP contribution < -0.4 is 10.2 Å². The summed E-state index contributed by atoms with van der Waals surface area (Å²) in [7, 11) is 0. The number of carbonyl (C=O) groups excluding carboxylic acids is 2. The number of esters is 1. The molecule has 7 heteroatoms. The number of amides is 1. The van der Waals surface area contributed by atoms with Crippen LogP contribution in [0.5, 0.6) is 5.75 Å². The minimum absolute atomic E-state index is 0.317. The number of rotatable bonds is 5. The van der Waals surface area contributed by atoms with Gasteiger partial charge in [-0.05, 0) is 86.0 Å². The fourth-order valence-corrected chi connectivity index (χ4v) is 3.19. The second-order valence-corrected chi connectivity index (χ2v) is 7.33. The molecule has 3 rings (SSSR count). The molecule has 0 fully saturated rings. The molecule has 0 radical (unpaired) electrons. The van der Waals surface area contributed by atoms with Crippen molar-refractivity contribution in [2.45, 2.75) is 0 Å². The Hall–Kier alpha value is -2.77. The summed E-state index contributed by atoms with van der Waals surface area (Å²) in [6, 6.07) is 20.9. The zero-order valence-electron chi connectivity index (χ0n) is 14.4. The van der Waals surface area contributed by atoms with E-state index in [0.29, 0.717) is 25.8 Å². The highest BCUT2D eigenvalue weighted by Crippen LogP contribution is 2.19. The molecule has 0 bridgehead atoms. The van der Waals surface area contributed by atoms with Crippen LogP contribution in [0.4, 0.5) is 0 Å². The molecule has 1 N–H and O–H groups in total. The highest BCUT2D eigenvalue weighted by atomic mass is 79.9. The summed E-state index contributed by atoms with van der Waals surface area (Å²) in [6.45, 7) is 0. The topological polar surface area (TPSA) is 67.8 Å². The van der Waals surface area contributed by atoms with E-state index in [2.05, 4.69) is 42.4 Å². The molecule has 0 aromatic heterocycles. The van der Waals surface area contributed by atoms with Crippen LogP contribution in [0.1, 0.15) is 26.3 Å². The number of hydrazone groups is 1. The van der Waals surface area contributed by atoms with E-state index < -0.39 is 5.97 Å². The molecule has 0 spiro atoms. The van der Waals surface area contributed by atoms with E-state index >= 15 is 0 Å². The molecule has 28 heavy (non-hydrogen) atoms. The highest BCUT2D eigenvalue weighted by molar-refractivity contribution is 9.10. The maximum atomic E-state index is 12.2. The summed E-state index contributed by atoms with van der Waals surface area (Å²) < 4.78 is 6.73. The summed E-state index contributed by atoms with van der Waals surface area (Å²) in [6.07, 6.45) is 1.51. The minimum Gasteiger partial charge on any atom is -0.423 e. The lowest BCUT2D eigenvalue weighted by molar-refractivity contribution is 0.0733. The van der Waals surface area contributed by atoms with Gasteiger partial charge in [0, 0.05) is 8.95 Å². The quantitative estimate of drug-likeness (QED) is 0.226. The smallest absolute Gasteiger partial charge is 0.344 e. The van der Waals surface area contributed by atoms with Gasteiger partial charge in [-0.25, -0.2) is 10.2 Å². The lowest BCUT2D eigenvalue weighted by Crippen LogP contribution is -2.18. The van der Waals surface area contributed by atoms with E-state index in [4.69, 9.17) is 4.74 Å². The van der Waals surface area contributed by atoms with Gasteiger partial charge < -0.3 is 4.74 Å². The van der Waals surface area contributed by atoms with Crippen LogP contribution >= 0.6 is 31.9 Å². The molecular weight excluding hydrogens is 488 g/mol. The van der Waals surface area contributed by atoms with Crippen molar-refractivity contribution in [2.24, 2.45) is 5.10 Å². The number of carbonyl (C=O) groups is 2. The normalized spacial score (nSPS) is 10.6. The summed E-state index contributed by atoms with van der Waals surface area (Å²) in [5.41, 5.74) is 4.16. The Kier molecular flexibility index (Phi) is 6.73. The largest absolute Gasteiger partial charge is 0.423 e.